The zero-order chi connectivity index (χ0) is 19.4. The molecule has 0 bridgehead atoms. The number of methoxy groups -OCH3 is 1. The minimum Gasteiger partial charge on any atom is -0.493 e. The van der Waals surface area contributed by atoms with Crippen molar-refractivity contribution in [3.05, 3.63) is 52.0 Å². The summed E-state index contributed by atoms with van der Waals surface area (Å²) in [6, 6.07) is 12.1. The Labute approximate surface area is 168 Å². The van der Waals surface area contributed by atoms with Crippen molar-refractivity contribution in [1.29, 1.82) is 0 Å². The Hall–Kier alpha value is -2.21. The van der Waals surface area contributed by atoms with E-state index in [1.54, 1.807) is 19.2 Å². The maximum Gasteiger partial charge on any atom is 0.251 e. The molecule has 27 heavy (non-hydrogen) atoms. The number of amides is 1. The Morgan fingerprint density at radius 1 is 1.33 bits per heavy atom. The van der Waals surface area contributed by atoms with E-state index in [0.717, 1.165) is 13.0 Å². The van der Waals surface area contributed by atoms with Crippen molar-refractivity contribution in [3.8, 4) is 11.5 Å². The number of rotatable bonds is 7. The topological polar surface area (TPSA) is 50.8 Å². The van der Waals surface area contributed by atoms with E-state index in [-0.39, 0.29) is 11.9 Å². The second kappa shape index (κ2) is 8.65. The van der Waals surface area contributed by atoms with Crippen LogP contribution in [-0.4, -0.2) is 38.8 Å². The average molecular weight is 433 g/mol. The monoisotopic (exact) mass is 432 g/mol. The van der Waals surface area contributed by atoms with Crippen LogP contribution in [0.1, 0.15) is 29.8 Å². The van der Waals surface area contributed by atoms with Crippen LogP contribution in [0.5, 0.6) is 11.5 Å². The van der Waals surface area contributed by atoms with Crippen molar-refractivity contribution in [1.82, 2.24) is 5.32 Å². The first kappa shape index (κ1) is 19.5. The highest BCUT2D eigenvalue weighted by molar-refractivity contribution is 9.10. The van der Waals surface area contributed by atoms with Crippen LogP contribution in [0.3, 0.4) is 0 Å². The standard InChI is InChI=1S/C21H25BrN2O3/c1-4-27-20-17(22)11-16(12-19(20)26-3)21(25)23-13-14(2)24-10-9-15-7-5-6-8-18(15)24/h5-8,11-12,14H,4,9-10,13H2,1-3H3,(H,23,25). The average Bonchev–Trinajstić information content (AvgIpc) is 3.11. The van der Waals surface area contributed by atoms with Gasteiger partial charge in [0.15, 0.2) is 11.5 Å². The summed E-state index contributed by atoms with van der Waals surface area (Å²) in [5.74, 6) is 1.02. The van der Waals surface area contributed by atoms with Gasteiger partial charge in [0.05, 0.1) is 18.2 Å². The third-order valence-corrected chi connectivity index (χ3v) is 5.38. The minimum absolute atomic E-state index is 0.128. The molecule has 2 aromatic rings. The molecular weight excluding hydrogens is 408 g/mol. The number of nitrogens with zero attached hydrogens (tertiary/aromatic N) is 1. The van der Waals surface area contributed by atoms with Gasteiger partial charge in [0.1, 0.15) is 0 Å². The van der Waals surface area contributed by atoms with E-state index in [9.17, 15) is 4.79 Å². The smallest absolute Gasteiger partial charge is 0.251 e. The lowest BCUT2D eigenvalue weighted by atomic mass is 10.1. The molecule has 0 saturated carbocycles. The van der Waals surface area contributed by atoms with Gasteiger partial charge in [-0.05, 0) is 60.0 Å². The minimum atomic E-state index is -0.128. The van der Waals surface area contributed by atoms with E-state index in [1.807, 2.05) is 6.92 Å². The van der Waals surface area contributed by atoms with Crippen molar-refractivity contribution >= 4 is 27.5 Å². The highest BCUT2D eigenvalue weighted by atomic mass is 79.9. The van der Waals surface area contributed by atoms with Crippen LogP contribution in [0.15, 0.2) is 40.9 Å². The van der Waals surface area contributed by atoms with Crippen LogP contribution < -0.4 is 19.7 Å². The first-order valence-electron chi connectivity index (χ1n) is 9.18. The molecule has 6 heteroatoms. The molecule has 1 heterocycles. The molecule has 1 atom stereocenters. The summed E-state index contributed by atoms with van der Waals surface area (Å²) >= 11 is 3.47. The maximum atomic E-state index is 12.7. The fraction of sp³-hybridized carbons (Fsp3) is 0.381. The summed E-state index contributed by atoms with van der Waals surface area (Å²) in [5, 5.41) is 3.04. The van der Waals surface area contributed by atoms with Crippen LogP contribution in [0.25, 0.3) is 0 Å². The molecule has 0 fully saturated rings. The van der Waals surface area contributed by atoms with E-state index < -0.39 is 0 Å². The number of halogens is 1. The number of hydrogen-bond donors (Lipinski definition) is 1. The molecular formula is C21H25BrN2O3. The van der Waals surface area contributed by atoms with Crippen molar-refractivity contribution in [2.24, 2.45) is 0 Å². The lowest BCUT2D eigenvalue weighted by molar-refractivity contribution is 0.0951. The Bertz CT molecular complexity index is 825. The largest absolute Gasteiger partial charge is 0.493 e. The number of ether oxygens (including phenoxy) is 2. The number of hydrogen-bond acceptors (Lipinski definition) is 4. The summed E-state index contributed by atoms with van der Waals surface area (Å²) in [4.78, 5) is 15.0. The Morgan fingerprint density at radius 3 is 2.85 bits per heavy atom. The summed E-state index contributed by atoms with van der Waals surface area (Å²) in [6.45, 7) is 6.12. The lowest BCUT2D eigenvalue weighted by Crippen LogP contribution is -2.41. The summed E-state index contributed by atoms with van der Waals surface area (Å²) in [7, 11) is 1.57. The summed E-state index contributed by atoms with van der Waals surface area (Å²) in [5.41, 5.74) is 3.18. The molecule has 2 aromatic carbocycles. The van der Waals surface area contributed by atoms with Crippen molar-refractivity contribution in [3.63, 3.8) is 0 Å². The van der Waals surface area contributed by atoms with Gasteiger partial charge in [0.25, 0.3) is 5.91 Å². The molecule has 1 unspecified atom stereocenters. The van der Waals surface area contributed by atoms with Crippen molar-refractivity contribution in [2.45, 2.75) is 26.3 Å². The number of anilines is 1. The van der Waals surface area contributed by atoms with Gasteiger partial charge < -0.3 is 19.7 Å². The highest BCUT2D eigenvalue weighted by Gasteiger charge is 2.23. The predicted octanol–water partition coefficient (Wildman–Crippen LogP) is 4.04. The molecule has 0 aromatic heterocycles. The van der Waals surface area contributed by atoms with Gasteiger partial charge in [-0.15, -0.1) is 0 Å². The SMILES string of the molecule is CCOc1c(Br)cc(C(=O)NCC(C)N2CCc3ccccc32)cc1OC. The number of carbonyl (C=O) groups excluding carboxylic acids is 1. The van der Waals surface area contributed by atoms with E-state index in [1.165, 1.54) is 11.3 Å². The number of carbonyl (C=O) groups is 1. The fourth-order valence-electron chi connectivity index (χ4n) is 3.41. The second-order valence-electron chi connectivity index (χ2n) is 6.55. The van der Waals surface area contributed by atoms with Crippen LogP contribution in [0.4, 0.5) is 5.69 Å². The van der Waals surface area contributed by atoms with Crippen molar-refractivity contribution < 1.29 is 14.3 Å². The van der Waals surface area contributed by atoms with Gasteiger partial charge in [-0.25, -0.2) is 0 Å². The van der Waals surface area contributed by atoms with E-state index in [2.05, 4.69) is 57.3 Å². The molecule has 1 aliphatic heterocycles. The van der Waals surface area contributed by atoms with Crippen LogP contribution in [0.2, 0.25) is 0 Å². The second-order valence-corrected chi connectivity index (χ2v) is 7.41. The number of fused-ring (bicyclic) bond motifs is 1. The highest BCUT2D eigenvalue weighted by Crippen LogP contribution is 2.36. The molecule has 5 nitrogen and oxygen atoms in total. The van der Waals surface area contributed by atoms with Crippen LogP contribution >= 0.6 is 15.9 Å². The van der Waals surface area contributed by atoms with E-state index in [4.69, 9.17) is 9.47 Å². The van der Waals surface area contributed by atoms with Gasteiger partial charge in [0.2, 0.25) is 0 Å². The lowest BCUT2D eigenvalue weighted by Gasteiger charge is -2.27. The first-order chi connectivity index (χ1) is 13.0. The molecule has 0 spiro atoms. The predicted molar refractivity (Wildman–Crippen MR) is 111 cm³/mol. The van der Waals surface area contributed by atoms with E-state index >= 15 is 0 Å². The Balaban J connectivity index is 1.67. The third-order valence-electron chi connectivity index (χ3n) is 4.79. The van der Waals surface area contributed by atoms with Gasteiger partial charge in [-0.1, -0.05) is 18.2 Å². The third kappa shape index (κ3) is 4.21. The molecule has 0 aliphatic carbocycles. The normalized spacial score (nSPS) is 13.9. The summed E-state index contributed by atoms with van der Waals surface area (Å²) in [6.07, 6.45) is 1.05. The zero-order valence-electron chi connectivity index (χ0n) is 15.9. The van der Waals surface area contributed by atoms with Crippen LogP contribution in [0, 0.1) is 0 Å². The number of para-hydroxylation sites is 1. The molecule has 1 amide bonds. The molecule has 1 N–H and O–H groups in total. The number of benzene rings is 2. The zero-order valence-corrected chi connectivity index (χ0v) is 17.5. The Kier molecular flexibility index (Phi) is 6.26. The molecule has 1 aliphatic rings. The molecule has 3 rings (SSSR count). The van der Waals surface area contributed by atoms with Crippen LogP contribution in [-0.2, 0) is 6.42 Å². The molecule has 0 saturated heterocycles. The van der Waals surface area contributed by atoms with Gasteiger partial charge in [-0.2, -0.15) is 0 Å². The van der Waals surface area contributed by atoms with Gasteiger partial charge in [-0.3, -0.25) is 4.79 Å². The van der Waals surface area contributed by atoms with Gasteiger partial charge in [0, 0.05) is 30.4 Å². The fourth-order valence-corrected chi connectivity index (χ4v) is 3.97. The van der Waals surface area contributed by atoms with Gasteiger partial charge >= 0.3 is 0 Å². The molecule has 144 valence electrons. The Morgan fingerprint density at radius 2 is 2.11 bits per heavy atom. The molecule has 0 radical (unpaired) electrons. The summed E-state index contributed by atoms with van der Waals surface area (Å²) < 4.78 is 11.7. The first-order valence-corrected chi connectivity index (χ1v) is 9.97. The van der Waals surface area contributed by atoms with Crippen molar-refractivity contribution in [2.75, 3.05) is 31.7 Å². The number of nitrogens with one attached hydrogen (secondary N) is 1. The van der Waals surface area contributed by atoms with E-state index in [0.29, 0.717) is 34.7 Å². The maximum absolute atomic E-state index is 12.7. The quantitative estimate of drug-likeness (QED) is 0.716.